The highest BCUT2D eigenvalue weighted by Gasteiger charge is 2.45. The van der Waals surface area contributed by atoms with Crippen LogP contribution in [0.15, 0.2) is 30.5 Å². The van der Waals surface area contributed by atoms with Crippen molar-refractivity contribution >= 4 is 21.9 Å². The number of amides is 1. The van der Waals surface area contributed by atoms with Gasteiger partial charge < -0.3 is 4.74 Å². The number of aromatic nitrogens is 3. The van der Waals surface area contributed by atoms with Gasteiger partial charge in [0.25, 0.3) is 10.1 Å². The molecular formula is C18H19N5O5S. The molecule has 1 saturated carbocycles. The standard InChI is InChI=1S/C18H19N5O5S/c1-29(25,26)27-11-14-8-22(21-20-14)9-16-10-23(17(24)28-16)15-4-2-13(3-5-15)18(12-19)6-7-18/h2-5,8,16H,6-7,9-11H2,1H3/t16-/m0/s1. The predicted octanol–water partition coefficient (Wildman–Crippen LogP) is 1.33. The van der Waals surface area contributed by atoms with Gasteiger partial charge in [-0.25, -0.2) is 9.48 Å². The molecule has 1 aromatic heterocycles. The average Bonchev–Trinajstić information content (AvgIpc) is 3.22. The third-order valence-corrected chi connectivity index (χ3v) is 5.51. The third kappa shape index (κ3) is 4.23. The molecule has 2 aliphatic rings. The Hall–Kier alpha value is -2.97. The Kier molecular flexibility index (Phi) is 4.76. The lowest BCUT2D eigenvalue weighted by Gasteiger charge is -2.14. The highest BCUT2D eigenvalue weighted by molar-refractivity contribution is 7.85. The van der Waals surface area contributed by atoms with Crippen molar-refractivity contribution in [1.82, 2.24) is 15.0 Å². The van der Waals surface area contributed by atoms with Gasteiger partial charge in [-0.2, -0.15) is 13.7 Å². The van der Waals surface area contributed by atoms with Crippen molar-refractivity contribution in [3.8, 4) is 6.07 Å². The minimum absolute atomic E-state index is 0.202. The van der Waals surface area contributed by atoms with Crippen LogP contribution in [0.4, 0.5) is 10.5 Å². The molecule has 0 spiro atoms. The second kappa shape index (κ2) is 7.13. The number of carbonyl (C=O) groups excluding carboxylic acids is 1. The number of rotatable bonds is 7. The molecule has 1 amide bonds. The summed E-state index contributed by atoms with van der Waals surface area (Å²) in [5.74, 6) is 0. The fourth-order valence-corrected chi connectivity index (χ4v) is 3.58. The quantitative estimate of drug-likeness (QED) is 0.618. The van der Waals surface area contributed by atoms with E-state index in [1.54, 1.807) is 6.20 Å². The monoisotopic (exact) mass is 417 g/mol. The summed E-state index contributed by atoms with van der Waals surface area (Å²) >= 11 is 0. The normalized spacial score (nSPS) is 20.3. The highest BCUT2D eigenvalue weighted by Crippen LogP contribution is 2.47. The van der Waals surface area contributed by atoms with Crippen LogP contribution in [-0.4, -0.2) is 48.4 Å². The van der Waals surface area contributed by atoms with E-state index in [2.05, 4.69) is 20.6 Å². The van der Waals surface area contributed by atoms with E-state index in [4.69, 9.17) is 4.74 Å². The number of anilines is 1. The summed E-state index contributed by atoms with van der Waals surface area (Å²) in [5, 5.41) is 17.1. The van der Waals surface area contributed by atoms with Crippen molar-refractivity contribution in [3.05, 3.63) is 41.7 Å². The first-order chi connectivity index (χ1) is 13.8. The maximum atomic E-state index is 12.3. The van der Waals surface area contributed by atoms with E-state index in [9.17, 15) is 18.5 Å². The third-order valence-electron chi connectivity index (χ3n) is 4.97. The summed E-state index contributed by atoms with van der Waals surface area (Å²) in [6.45, 7) is 0.423. The minimum Gasteiger partial charge on any atom is -0.442 e. The summed E-state index contributed by atoms with van der Waals surface area (Å²) < 4.78 is 33.6. The lowest BCUT2D eigenvalue weighted by atomic mass is 9.97. The van der Waals surface area contributed by atoms with Crippen LogP contribution in [0.2, 0.25) is 0 Å². The molecule has 2 aromatic rings. The first kappa shape index (κ1) is 19.4. The van der Waals surface area contributed by atoms with Crippen LogP contribution in [-0.2, 0) is 37.6 Å². The van der Waals surface area contributed by atoms with Crippen molar-refractivity contribution in [2.24, 2.45) is 0 Å². The topological polar surface area (TPSA) is 127 Å². The predicted molar refractivity (Wildman–Crippen MR) is 100 cm³/mol. The second-order valence-electron chi connectivity index (χ2n) is 7.26. The number of nitriles is 1. The number of cyclic esters (lactones) is 1. The molecule has 0 unspecified atom stereocenters. The molecule has 1 aliphatic carbocycles. The number of benzene rings is 1. The first-order valence-corrected chi connectivity index (χ1v) is 10.8. The van der Waals surface area contributed by atoms with Gasteiger partial charge in [0, 0.05) is 5.69 Å². The maximum Gasteiger partial charge on any atom is 0.414 e. The van der Waals surface area contributed by atoms with Crippen molar-refractivity contribution in [1.29, 1.82) is 5.26 Å². The largest absolute Gasteiger partial charge is 0.442 e. The van der Waals surface area contributed by atoms with E-state index in [0.29, 0.717) is 17.9 Å². The second-order valence-corrected chi connectivity index (χ2v) is 8.90. The Bertz CT molecular complexity index is 1070. The summed E-state index contributed by atoms with van der Waals surface area (Å²) in [6.07, 6.45) is 3.36. The van der Waals surface area contributed by atoms with Gasteiger partial charge in [0.15, 0.2) is 0 Å². The molecule has 29 heavy (non-hydrogen) atoms. The molecule has 11 heteroatoms. The van der Waals surface area contributed by atoms with Crippen molar-refractivity contribution in [2.45, 2.75) is 37.5 Å². The van der Waals surface area contributed by atoms with Crippen LogP contribution >= 0.6 is 0 Å². The molecule has 2 heterocycles. The first-order valence-electron chi connectivity index (χ1n) is 9.01. The van der Waals surface area contributed by atoms with Gasteiger partial charge in [0.2, 0.25) is 0 Å². The van der Waals surface area contributed by atoms with Crippen molar-refractivity contribution in [2.75, 3.05) is 17.7 Å². The Morgan fingerprint density at radius 2 is 2.07 bits per heavy atom. The van der Waals surface area contributed by atoms with Gasteiger partial charge >= 0.3 is 6.09 Å². The molecule has 1 atom stereocenters. The molecule has 1 aliphatic heterocycles. The minimum atomic E-state index is -3.56. The van der Waals surface area contributed by atoms with E-state index < -0.39 is 22.3 Å². The van der Waals surface area contributed by atoms with Gasteiger partial charge in [-0.05, 0) is 30.5 Å². The Balaban J connectivity index is 1.37. The molecule has 4 rings (SSSR count). The molecule has 2 fully saturated rings. The van der Waals surface area contributed by atoms with Crippen molar-refractivity contribution in [3.63, 3.8) is 0 Å². The fraction of sp³-hybridized carbons (Fsp3) is 0.444. The van der Waals surface area contributed by atoms with Gasteiger partial charge in [0.05, 0.1) is 37.0 Å². The average molecular weight is 417 g/mol. The Morgan fingerprint density at radius 3 is 2.69 bits per heavy atom. The van der Waals surface area contributed by atoms with Crippen LogP contribution in [0.5, 0.6) is 0 Å². The molecule has 10 nitrogen and oxygen atoms in total. The molecule has 0 N–H and O–H groups in total. The van der Waals surface area contributed by atoms with E-state index >= 15 is 0 Å². The van der Waals surface area contributed by atoms with E-state index in [0.717, 1.165) is 24.7 Å². The zero-order valence-corrected chi connectivity index (χ0v) is 16.5. The van der Waals surface area contributed by atoms with E-state index in [1.165, 1.54) is 9.58 Å². The molecule has 1 saturated heterocycles. The van der Waals surface area contributed by atoms with E-state index in [-0.39, 0.29) is 18.6 Å². The van der Waals surface area contributed by atoms with Crippen LogP contribution in [0.25, 0.3) is 0 Å². The van der Waals surface area contributed by atoms with Crippen LogP contribution in [0.3, 0.4) is 0 Å². The molecule has 0 radical (unpaired) electrons. The van der Waals surface area contributed by atoms with E-state index in [1.807, 2.05) is 24.3 Å². The summed E-state index contributed by atoms with van der Waals surface area (Å²) in [4.78, 5) is 13.8. The van der Waals surface area contributed by atoms with Crippen LogP contribution in [0.1, 0.15) is 24.1 Å². The van der Waals surface area contributed by atoms with Crippen LogP contribution < -0.4 is 4.90 Å². The summed E-state index contributed by atoms with van der Waals surface area (Å²) in [6, 6.07) is 9.78. The molecule has 152 valence electrons. The molecule has 0 bridgehead atoms. The zero-order valence-electron chi connectivity index (χ0n) is 15.7. The highest BCUT2D eigenvalue weighted by atomic mass is 32.2. The molecule has 1 aromatic carbocycles. The summed E-state index contributed by atoms with van der Waals surface area (Å²) in [5.41, 5.74) is 1.67. The van der Waals surface area contributed by atoms with Gasteiger partial charge in [-0.15, -0.1) is 5.10 Å². The number of hydrogen-bond acceptors (Lipinski definition) is 8. The van der Waals surface area contributed by atoms with Gasteiger partial charge in [-0.1, -0.05) is 17.3 Å². The van der Waals surface area contributed by atoms with Gasteiger partial charge in [0.1, 0.15) is 18.4 Å². The van der Waals surface area contributed by atoms with Crippen molar-refractivity contribution < 1.29 is 22.1 Å². The van der Waals surface area contributed by atoms with Crippen LogP contribution in [0, 0.1) is 11.3 Å². The SMILES string of the molecule is CS(=O)(=O)OCc1cn(C[C@H]2CN(c3ccc(C4(C#N)CC4)cc3)C(=O)O2)nn1. The summed E-state index contributed by atoms with van der Waals surface area (Å²) in [7, 11) is -3.56. The zero-order chi connectivity index (χ0) is 20.6. The van der Waals surface area contributed by atoms with Gasteiger partial charge in [-0.3, -0.25) is 9.08 Å². The Morgan fingerprint density at radius 1 is 1.34 bits per heavy atom. The fourth-order valence-electron chi connectivity index (χ4n) is 3.25. The lowest BCUT2D eigenvalue weighted by molar-refractivity contribution is 0.129. The lowest BCUT2D eigenvalue weighted by Crippen LogP contribution is -2.26. The number of ether oxygens (including phenoxy) is 1. The maximum absolute atomic E-state index is 12.3. The number of carbonyl (C=O) groups is 1. The number of hydrogen-bond donors (Lipinski definition) is 0. The molecular weight excluding hydrogens is 398 g/mol. The Labute approximate surface area is 167 Å². The smallest absolute Gasteiger partial charge is 0.414 e. The number of nitrogens with zero attached hydrogens (tertiary/aromatic N) is 5.